The van der Waals surface area contributed by atoms with Crippen LogP contribution in [0, 0.1) is 5.82 Å². The van der Waals surface area contributed by atoms with E-state index < -0.39 is 0 Å². The van der Waals surface area contributed by atoms with E-state index >= 15 is 0 Å². The van der Waals surface area contributed by atoms with Gasteiger partial charge in [0, 0.05) is 30.8 Å². The fraction of sp³-hybridized carbons (Fsp3) is 0.350. The van der Waals surface area contributed by atoms with Crippen molar-refractivity contribution >= 4 is 17.5 Å². The maximum Gasteiger partial charge on any atom is 0.254 e. The molecule has 1 fully saturated rings. The smallest absolute Gasteiger partial charge is 0.254 e. The van der Waals surface area contributed by atoms with Crippen molar-refractivity contribution in [3.8, 4) is 5.75 Å². The zero-order chi connectivity index (χ0) is 18.5. The summed E-state index contributed by atoms with van der Waals surface area (Å²) < 4.78 is 24.9. The summed E-state index contributed by atoms with van der Waals surface area (Å²) in [5, 5.41) is 0.362. The first kappa shape index (κ1) is 18.7. The lowest BCUT2D eigenvalue weighted by atomic mass is 10.1. The highest BCUT2D eigenvalue weighted by molar-refractivity contribution is 6.32. The standard InChI is InChI=1S/C20H21ClFNO3/c1-25-19-9-8-14(11-17(19)21)20(24)23(13-16-6-4-10-26-16)12-15-5-2-3-7-18(15)22/h2-3,5,7-9,11,16H,4,6,10,12-13H2,1H3. The fourth-order valence-corrected chi connectivity index (χ4v) is 3.33. The van der Waals surface area contributed by atoms with Crippen LogP contribution in [0.15, 0.2) is 42.5 Å². The number of halogens is 2. The molecule has 1 aliphatic rings. The second kappa shape index (κ2) is 8.52. The summed E-state index contributed by atoms with van der Waals surface area (Å²) >= 11 is 6.15. The quantitative estimate of drug-likeness (QED) is 0.753. The molecule has 0 spiro atoms. The zero-order valence-electron chi connectivity index (χ0n) is 14.6. The van der Waals surface area contributed by atoms with E-state index in [0.29, 0.717) is 35.1 Å². The molecular formula is C20H21ClFNO3. The number of carbonyl (C=O) groups is 1. The minimum absolute atomic E-state index is 0.0283. The number of carbonyl (C=O) groups excluding carboxylic acids is 1. The third-order valence-electron chi connectivity index (χ3n) is 4.45. The van der Waals surface area contributed by atoms with Crippen LogP contribution in [0.4, 0.5) is 4.39 Å². The second-order valence-corrected chi connectivity index (χ2v) is 6.67. The fourth-order valence-electron chi connectivity index (χ4n) is 3.07. The Morgan fingerprint density at radius 1 is 1.35 bits per heavy atom. The van der Waals surface area contributed by atoms with E-state index in [9.17, 15) is 9.18 Å². The molecule has 0 bridgehead atoms. The number of hydrogen-bond acceptors (Lipinski definition) is 3. The molecule has 26 heavy (non-hydrogen) atoms. The normalized spacial score (nSPS) is 16.5. The van der Waals surface area contributed by atoms with Gasteiger partial charge in [0.25, 0.3) is 5.91 Å². The van der Waals surface area contributed by atoms with Crippen LogP contribution >= 0.6 is 11.6 Å². The predicted molar refractivity (Wildman–Crippen MR) is 98.1 cm³/mol. The summed E-state index contributed by atoms with van der Waals surface area (Å²) in [7, 11) is 1.52. The molecule has 0 aromatic heterocycles. The minimum Gasteiger partial charge on any atom is -0.495 e. The van der Waals surface area contributed by atoms with Crippen LogP contribution < -0.4 is 4.74 Å². The van der Waals surface area contributed by atoms with E-state index in [1.54, 1.807) is 41.3 Å². The predicted octanol–water partition coefficient (Wildman–Crippen LogP) is 4.31. The van der Waals surface area contributed by atoms with E-state index in [2.05, 4.69) is 0 Å². The van der Waals surface area contributed by atoms with E-state index in [0.717, 1.165) is 12.8 Å². The van der Waals surface area contributed by atoms with Gasteiger partial charge in [0.15, 0.2) is 0 Å². The average molecular weight is 378 g/mol. The van der Waals surface area contributed by atoms with Gasteiger partial charge in [0.05, 0.1) is 18.2 Å². The lowest BCUT2D eigenvalue weighted by Crippen LogP contribution is -2.37. The van der Waals surface area contributed by atoms with Crippen molar-refractivity contribution in [2.45, 2.75) is 25.5 Å². The lowest BCUT2D eigenvalue weighted by molar-refractivity contribution is 0.0505. The maximum atomic E-state index is 14.1. The summed E-state index contributed by atoms with van der Waals surface area (Å²) in [6, 6.07) is 11.4. The molecule has 6 heteroatoms. The first-order valence-electron chi connectivity index (χ1n) is 8.56. The van der Waals surface area contributed by atoms with Crippen molar-refractivity contribution < 1.29 is 18.7 Å². The van der Waals surface area contributed by atoms with Gasteiger partial charge in [-0.3, -0.25) is 4.79 Å². The molecule has 1 atom stereocenters. The number of ether oxygens (including phenoxy) is 2. The Balaban J connectivity index is 1.84. The van der Waals surface area contributed by atoms with Crippen molar-refractivity contribution in [3.63, 3.8) is 0 Å². The molecule has 2 aromatic carbocycles. The van der Waals surface area contributed by atoms with Crippen molar-refractivity contribution in [1.29, 1.82) is 0 Å². The molecule has 1 amide bonds. The molecule has 1 aliphatic heterocycles. The molecular weight excluding hydrogens is 357 g/mol. The topological polar surface area (TPSA) is 38.8 Å². The molecule has 1 heterocycles. The third-order valence-corrected chi connectivity index (χ3v) is 4.75. The molecule has 2 aromatic rings. The van der Waals surface area contributed by atoms with Gasteiger partial charge >= 0.3 is 0 Å². The highest BCUT2D eigenvalue weighted by Crippen LogP contribution is 2.26. The molecule has 4 nitrogen and oxygen atoms in total. The number of hydrogen-bond donors (Lipinski definition) is 0. The van der Waals surface area contributed by atoms with Crippen LogP contribution in [0.2, 0.25) is 5.02 Å². The zero-order valence-corrected chi connectivity index (χ0v) is 15.3. The number of amides is 1. The highest BCUT2D eigenvalue weighted by Gasteiger charge is 2.25. The average Bonchev–Trinajstić information content (AvgIpc) is 3.15. The SMILES string of the molecule is COc1ccc(C(=O)N(Cc2ccccc2F)CC2CCCO2)cc1Cl. The minimum atomic E-state index is -0.328. The molecule has 3 rings (SSSR count). The van der Waals surface area contributed by atoms with Gasteiger partial charge in [0.2, 0.25) is 0 Å². The molecule has 1 saturated heterocycles. The second-order valence-electron chi connectivity index (χ2n) is 6.26. The number of rotatable bonds is 6. The Hall–Kier alpha value is -2.11. The molecule has 1 unspecified atom stereocenters. The van der Waals surface area contributed by atoms with Crippen LogP contribution in [0.25, 0.3) is 0 Å². The van der Waals surface area contributed by atoms with E-state index in [-0.39, 0.29) is 24.4 Å². The molecule has 0 N–H and O–H groups in total. The van der Waals surface area contributed by atoms with Crippen molar-refractivity contribution in [2.24, 2.45) is 0 Å². The van der Waals surface area contributed by atoms with E-state index in [1.807, 2.05) is 0 Å². The summed E-state index contributed by atoms with van der Waals surface area (Å²) in [4.78, 5) is 14.7. The first-order valence-corrected chi connectivity index (χ1v) is 8.94. The molecule has 0 saturated carbocycles. The lowest BCUT2D eigenvalue weighted by Gasteiger charge is -2.26. The first-order chi connectivity index (χ1) is 12.6. The van der Waals surface area contributed by atoms with Gasteiger partial charge in [-0.05, 0) is 37.1 Å². The van der Waals surface area contributed by atoms with Crippen LogP contribution in [0.1, 0.15) is 28.8 Å². The Morgan fingerprint density at radius 2 is 2.15 bits per heavy atom. The van der Waals surface area contributed by atoms with Crippen molar-refractivity contribution in [2.75, 3.05) is 20.3 Å². The Kier molecular flexibility index (Phi) is 6.12. The summed E-state index contributed by atoms with van der Waals surface area (Å²) in [5.41, 5.74) is 0.906. The van der Waals surface area contributed by atoms with Crippen LogP contribution in [-0.2, 0) is 11.3 Å². The highest BCUT2D eigenvalue weighted by atomic mass is 35.5. The Bertz CT molecular complexity index is 777. The maximum absolute atomic E-state index is 14.1. The van der Waals surface area contributed by atoms with Gasteiger partial charge in [-0.1, -0.05) is 29.8 Å². The van der Waals surface area contributed by atoms with Gasteiger partial charge in [-0.2, -0.15) is 0 Å². The number of methoxy groups -OCH3 is 1. The van der Waals surface area contributed by atoms with Crippen molar-refractivity contribution in [1.82, 2.24) is 4.90 Å². The molecule has 138 valence electrons. The number of nitrogens with zero attached hydrogens (tertiary/aromatic N) is 1. The summed E-state index contributed by atoms with van der Waals surface area (Å²) in [6.45, 7) is 1.28. The van der Waals surface area contributed by atoms with Crippen LogP contribution in [-0.4, -0.2) is 37.2 Å². The Morgan fingerprint density at radius 3 is 2.81 bits per heavy atom. The largest absolute Gasteiger partial charge is 0.495 e. The van der Waals surface area contributed by atoms with Gasteiger partial charge in [-0.25, -0.2) is 4.39 Å². The van der Waals surface area contributed by atoms with E-state index in [4.69, 9.17) is 21.1 Å². The van der Waals surface area contributed by atoms with Crippen molar-refractivity contribution in [3.05, 3.63) is 64.4 Å². The Labute approximate surface area is 157 Å². The summed E-state index contributed by atoms with van der Waals surface area (Å²) in [6.07, 6.45) is 1.84. The molecule has 0 aliphatic carbocycles. The number of benzene rings is 2. The summed E-state index contributed by atoms with van der Waals surface area (Å²) in [5.74, 6) is -0.0401. The third kappa shape index (κ3) is 4.34. The van der Waals surface area contributed by atoms with Crippen LogP contribution in [0.3, 0.4) is 0 Å². The van der Waals surface area contributed by atoms with Gasteiger partial charge < -0.3 is 14.4 Å². The van der Waals surface area contributed by atoms with Gasteiger partial charge in [0.1, 0.15) is 11.6 Å². The molecule has 0 radical (unpaired) electrons. The van der Waals surface area contributed by atoms with Gasteiger partial charge in [-0.15, -0.1) is 0 Å². The van der Waals surface area contributed by atoms with E-state index in [1.165, 1.54) is 13.2 Å². The monoisotopic (exact) mass is 377 g/mol. The van der Waals surface area contributed by atoms with Crippen LogP contribution in [0.5, 0.6) is 5.75 Å².